The van der Waals surface area contributed by atoms with Crippen LogP contribution < -0.4 is 10.6 Å². The molecule has 0 saturated carbocycles. The van der Waals surface area contributed by atoms with Gasteiger partial charge in [-0.2, -0.15) is 0 Å². The fourth-order valence-corrected chi connectivity index (χ4v) is 1.54. The van der Waals surface area contributed by atoms with Crippen LogP contribution in [-0.2, 0) is 0 Å². The van der Waals surface area contributed by atoms with E-state index in [1.807, 2.05) is 25.1 Å². The summed E-state index contributed by atoms with van der Waals surface area (Å²) in [4.78, 5) is 4.33. The molecule has 1 aromatic heterocycles. The van der Waals surface area contributed by atoms with Crippen molar-refractivity contribution in [1.82, 2.24) is 10.3 Å². The van der Waals surface area contributed by atoms with Crippen molar-refractivity contribution in [1.29, 1.82) is 0 Å². The molecule has 0 bridgehead atoms. The first kappa shape index (κ1) is 12.9. The number of aryl methyl sites for hydroxylation is 1. The molecule has 3 nitrogen and oxygen atoms in total. The highest BCUT2D eigenvalue weighted by molar-refractivity contribution is 7.80. The van der Waals surface area contributed by atoms with Gasteiger partial charge in [-0.3, -0.25) is 0 Å². The number of hydrogen-bond acceptors (Lipinski definition) is 2. The summed E-state index contributed by atoms with van der Waals surface area (Å²) in [5.41, 5.74) is 0.982. The van der Waals surface area contributed by atoms with E-state index in [2.05, 4.69) is 36.4 Å². The van der Waals surface area contributed by atoms with Gasteiger partial charge in [0, 0.05) is 11.2 Å². The van der Waals surface area contributed by atoms with E-state index >= 15 is 0 Å². The lowest BCUT2D eigenvalue weighted by atomic mass is 10.0. The Kier molecular flexibility index (Phi) is 4.24. The average molecular weight is 237 g/mol. The quantitative estimate of drug-likeness (QED) is 0.793. The van der Waals surface area contributed by atoms with Gasteiger partial charge in [0.25, 0.3) is 0 Å². The summed E-state index contributed by atoms with van der Waals surface area (Å²) >= 11 is 5.23. The third-order valence-electron chi connectivity index (χ3n) is 2.47. The van der Waals surface area contributed by atoms with E-state index in [-0.39, 0.29) is 5.54 Å². The second kappa shape index (κ2) is 5.25. The SMILES string of the molecule is CCC(C)(C)NC(=S)Nc1cccc(C)n1. The Morgan fingerprint density at radius 1 is 1.44 bits per heavy atom. The molecule has 0 aliphatic rings. The van der Waals surface area contributed by atoms with E-state index in [1.165, 1.54) is 0 Å². The first-order valence-corrected chi connectivity index (χ1v) is 5.86. The van der Waals surface area contributed by atoms with E-state index in [4.69, 9.17) is 12.2 Å². The average Bonchev–Trinajstić information content (AvgIpc) is 2.16. The van der Waals surface area contributed by atoms with Crippen LogP contribution in [-0.4, -0.2) is 15.6 Å². The summed E-state index contributed by atoms with van der Waals surface area (Å²) in [7, 11) is 0. The summed E-state index contributed by atoms with van der Waals surface area (Å²) in [5, 5.41) is 6.95. The molecule has 0 saturated heterocycles. The van der Waals surface area contributed by atoms with Crippen LogP contribution in [0.5, 0.6) is 0 Å². The van der Waals surface area contributed by atoms with Crippen LogP contribution >= 0.6 is 12.2 Å². The van der Waals surface area contributed by atoms with Gasteiger partial charge in [0.1, 0.15) is 5.82 Å². The highest BCUT2D eigenvalue weighted by Crippen LogP contribution is 2.08. The maximum absolute atomic E-state index is 5.23. The van der Waals surface area contributed by atoms with Gasteiger partial charge in [0.05, 0.1) is 0 Å². The van der Waals surface area contributed by atoms with Crippen molar-refractivity contribution in [2.75, 3.05) is 5.32 Å². The fourth-order valence-electron chi connectivity index (χ4n) is 1.16. The Balaban J connectivity index is 2.59. The molecular weight excluding hydrogens is 218 g/mol. The van der Waals surface area contributed by atoms with Crippen molar-refractivity contribution in [3.63, 3.8) is 0 Å². The Bertz CT molecular complexity index is 374. The third kappa shape index (κ3) is 4.14. The molecule has 0 aromatic carbocycles. The van der Waals surface area contributed by atoms with Crippen molar-refractivity contribution in [3.8, 4) is 0 Å². The molecule has 0 unspecified atom stereocenters. The highest BCUT2D eigenvalue weighted by atomic mass is 32.1. The van der Waals surface area contributed by atoms with Gasteiger partial charge in [0.15, 0.2) is 5.11 Å². The van der Waals surface area contributed by atoms with Gasteiger partial charge in [-0.1, -0.05) is 13.0 Å². The minimum Gasteiger partial charge on any atom is -0.358 e. The summed E-state index contributed by atoms with van der Waals surface area (Å²) in [6.45, 7) is 8.31. The van der Waals surface area contributed by atoms with Gasteiger partial charge in [-0.25, -0.2) is 4.98 Å². The van der Waals surface area contributed by atoms with E-state index in [9.17, 15) is 0 Å². The molecule has 0 radical (unpaired) electrons. The molecular formula is C12H19N3S. The third-order valence-corrected chi connectivity index (χ3v) is 2.67. The number of thiocarbonyl (C=S) groups is 1. The van der Waals surface area contributed by atoms with Crippen LogP contribution in [0.3, 0.4) is 0 Å². The molecule has 0 aliphatic heterocycles. The number of pyridine rings is 1. The van der Waals surface area contributed by atoms with Gasteiger partial charge in [0.2, 0.25) is 0 Å². The van der Waals surface area contributed by atoms with E-state index in [0.29, 0.717) is 5.11 Å². The van der Waals surface area contributed by atoms with Crippen LogP contribution in [0.25, 0.3) is 0 Å². The summed E-state index contributed by atoms with van der Waals surface area (Å²) in [6.07, 6.45) is 1.01. The number of aromatic nitrogens is 1. The molecule has 2 N–H and O–H groups in total. The zero-order valence-corrected chi connectivity index (χ0v) is 11.1. The van der Waals surface area contributed by atoms with Crippen molar-refractivity contribution in [3.05, 3.63) is 23.9 Å². The molecule has 88 valence electrons. The topological polar surface area (TPSA) is 37.0 Å². The van der Waals surface area contributed by atoms with Gasteiger partial charge in [-0.05, 0) is 51.5 Å². The molecule has 1 rings (SSSR count). The Morgan fingerprint density at radius 2 is 2.12 bits per heavy atom. The van der Waals surface area contributed by atoms with Crippen LogP contribution in [0.2, 0.25) is 0 Å². The minimum absolute atomic E-state index is 0.00785. The second-order valence-electron chi connectivity index (χ2n) is 4.48. The lowest BCUT2D eigenvalue weighted by Gasteiger charge is -2.26. The largest absolute Gasteiger partial charge is 0.358 e. The van der Waals surface area contributed by atoms with Crippen molar-refractivity contribution in [2.24, 2.45) is 0 Å². The molecule has 4 heteroatoms. The van der Waals surface area contributed by atoms with Crippen molar-refractivity contribution >= 4 is 23.1 Å². The van der Waals surface area contributed by atoms with Crippen molar-refractivity contribution < 1.29 is 0 Å². The van der Waals surface area contributed by atoms with Gasteiger partial charge in [-0.15, -0.1) is 0 Å². The lowest BCUT2D eigenvalue weighted by molar-refractivity contribution is 0.448. The number of nitrogens with zero attached hydrogens (tertiary/aromatic N) is 1. The maximum Gasteiger partial charge on any atom is 0.172 e. The maximum atomic E-state index is 5.23. The molecule has 0 fully saturated rings. The molecule has 16 heavy (non-hydrogen) atoms. The monoisotopic (exact) mass is 237 g/mol. The first-order chi connectivity index (χ1) is 7.43. The zero-order valence-electron chi connectivity index (χ0n) is 10.3. The summed E-state index contributed by atoms with van der Waals surface area (Å²) < 4.78 is 0. The smallest absolute Gasteiger partial charge is 0.172 e. The predicted molar refractivity (Wildman–Crippen MR) is 72.7 cm³/mol. The second-order valence-corrected chi connectivity index (χ2v) is 4.89. The normalized spacial score (nSPS) is 11.0. The van der Waals surface area contributed by atoms with E-state index < -0.39 is 0 Å². The van der Waals surface area contributed by atoms with Gasteiger partial charge < -0.3 is 10.6 Å². The first-order valence-electron chi connectivity index (χ1n) is 5.46. The van der Waals surface area contributed by atoms with Crippen LogP contribution in [0.1, 0.15) is 32.9 Å². The number of hydrogen-bond donors (Lipinski definition) is 2. The molecule has 0 aliphatic carbocycles. The Hall–Kier alpha value is -1.16. The standard InChI is InChI=1S/C12H19N3S/c1-5-12(3,4)15-11(16)14-10-8-6-7-9(2)13-10/h6-8H,5H2,1-4H3,(H2,13,14,15,16). The van der Waals surface area contributed by atoms with Crippen molar-refractivity contribution in [2.45, 2.75) is 39.7 Å². The number of anilines is 1. The number of rotatable bonds is 3. The number of nitrogens with one attached hydrogen (secondary N) is 2. The highest BCUT2D eigenvalue weighted by Gasteiger charge is 2.15. The van der Waals surface area contributed by atoms with E-state index in [0.717, 1.165) is 17.9 Å². The summed E-state index contributed by atoms with van der Waals surface area (Å²) in [6, 6.07) is 5.82. The van der Waals surface area contributed by atoms with E-state index in [1.54, 1.807) is 0 Å². The molecule has 1 heterocycles. The van der Waals surface area contributed by atoms with Gasteiger partial charge >= 0.3 is 0 Å². The fraction of sp³-hybridized carbons (Fsp3) is 0.500. The lowest BCUT2D eigenvalue weighted by Crippen LogP contribution is -2.44. The zero-order chi connectivity index (χ0) is 12.2. The van der Waals surface area contributed by atoms with Crippen LogP contribution in [0, 0.1) is 6.92 Å². The molecule has 0 spiro atoms. The van der Waals surface area contributed by atoms with Crippen LogP contribution in [0.4, 0.5) is 5.82 Å². The molecule has 1 aromatic rings. The van der Waals surface area contributed by atoms with Crippen LogP contribution in [0.15, 0.2) is 18.2 Å². The summed E-state index contributed by atoms with van der Waals surface area (Å²) in [5.74, 6) is 0.782. The predicted octanol–water partition coefficient (Wildman–Crippen LogP) is 2.87. The minimum atomic E-state index is 0.00785. The Morgan fingerprint density at radius 3 is 2.69 bits per heavy atom. The Labute approximate surface area is 103 Å². The molecule has 0 amide bonds. The molecule has 0 atom stereocenters.